The predicted molar refractivity (Wildman–Crippen MR) is 88.2 cm³/mol. The van der Waals surface area contributed by atoms with Crippen molar-refractivity contribution in [1.29, 1.82) is 0 Å². The van der Waals surface area contributed by atoms with Crippen LogP contribution in [0.1, 0.15) is 45.1 Å². The van der Waals surface area contributed by atoms with Crippen LogP contribution >= 0.6 is 0 Å². The quantitative estimate of drug-likeness (QED) is 0.783. The smallest absolute Gasteiger partial charge is 0.355 e. The number of carbonyl (C=O) groups excluding carboxylic acids is 1. The zero-order valence-corrected chi connectivity index (χ0v) is 14.1. The van der Waals surface area contributed by atoms with Crippen LogP contribution in [-0.4, -0.2) is 28.8 Å². The van der Waals surface area contributed by atoms with Crippen molar-refractivity contribution in [2.75, 3.05) is 6.61 Å². The largest absolute Gasteiger partial charge is 0.455 e. The van der Waals surface area contributed by atoms with Gasteiger partial charge in [0.15, 0.2) is 0 Å². The van der Waals surface area contributed by atoms with Gasteiger partial charge in [-0.25, -0.2) is 4.79 Å². The highest BCUT2D eigenvalue weighted by Gasteiger charge is 2.22. The Hall–Kier alpha value is -1.81. The molecule has 120 valence electrons. The molecule has 0 aliphatic carbocycles. The molecule has 0 aliphatic rings. The first-order valence-corrected chi connectivity index (χ1v) is 7.71. The molecule has 0 radical (unpaired) electrons. The monoisotopic (exact) mass is 303 g/mol. The molecule has 22 heavy (non-hydrogen) atoms. The molecule has 4 nitrogen and oxygen atoms in total. The number of esters is 1. The number of carbonyl (C=O) groups is 1. The van der Waals surface area contributed by atoms with E-state index in [0.717, 1.165) is 10.9 Å². The second-order valence-corrected chi connectivity index (χ2v) is 6.66. The number of para-hydroxylation sites is 1. The number of hydrogen-bond donors (Lipinski definition) is 0. The average molecular weight is 303 g/mol. The Labute approximate surface area is 132 Å². The Kier molecular flexibility index (Phi) is 4.91. The lowest BCUT2D eigenvalue weighted by Crippen LogP contribution is -2.26. The summed E-state index contributed by atoms with van der Waals surface area (Å²) in [5.74, 6) is -0.298. The van der Waals surface area contributed by atoms with Crippen LogP contribution < -0.4 is 0 Å². The van der Waals surface area contributed by atoms with Crippen LogP contribution in [0.25, 0.3) is 10.9 Å². The summed E-state index contributed by atoms with van der Waals surface area (Å²) in [6.07, 6.45) is 0.173. The molecule has 1 heterocycles. The molecule has 2 rings (SSSR count). The maximum Gasteiger partial charge on any atom is 0.355 e. The summed E-state index contributed by atoms with van der Waals surface area (Å²) < 4.78 is 13.1. The molecule has 0 fully saturated rings. The number of nitrogens with zero attached hydrogens (tertiary/aromatic N) is 1. The van der Waals surface area contributed by atoms with Gasteiger partial charge < -0.3 is 14.0 Å². The van der Waals surface area contributed by atoms with Gasteiger partial charge in [0.2, 0.25) is 0 Å². The van der Waals surface area contributed by atoms with Gasteiger partial charge in [-0.2, -0.15) is 0 Å². The fraction of sp³-hybridized carbons (Fsp3) is 0.500. The maximum atomic E-state index is 12.5. The molecule has 0 bridgehead atoms. The lowest BCUT2D eigenvalue weighted by molar-refractivity contribution is 0.00552. The Balaban J connectivity index is 2.33. The van der Waals surface area contributed by atoms with Gasteiger partial charge in [-0.15, -0.1) is 0 Å². The molecule has 1 aromatic heterocycles. The van der Waals surface area contributed by atoms with Crippen molar-refractivity contribution in [2.24, 2.45) is 0 Å². The number of aromatic nitrogens is 1. The first kappa shape index (κ1) is 16.6. The van der Waals surface area contributed by atoms with Crippen LogP contribution in [0.2, 0.25) is 0 Å². The van der Waals surface area contributed by atoms with E-state index in [1.807, 2.05) is 69.5 Å². The molecular formula is C18H25NO3. The van der Waals surface area contributed by atoms with Gasteiger partial charge in [0, 0.05) is 17.4 Å². The van der Waals surface area contributed by atoms with Crippen LogP contribution in [0, 0.1) is 0 Å². The molecular weight excluding hydrogens is 278 g/mol. The minimum absolute atomic E-state index is 0.173. The summed E-state index contributed by atoms with van der Waals surface area (Å²) in [5.41, 5.74) is 1.09. The van der Waals surface area contributed by atoms with E-state index >= 15 is 0 Å². The van der Waals surface area contributed by atoms with Crippen molar-refractivity contribution in [3.05, 3.63) is 36.0 Å². The van der Waals surface area contributed by atoms with E-state index in [9.17, 15) is 4.79 Å². The van der Waals surface area contributed by atoms with Crippen LogP contribution in [0.3, 0.4) is 0 Å². The fourth-order valence-corrected chi connectivity index (χ4v) is 2.33. The Morgan fingerprint density at radius 3 is 2.55 bits per heavy atom. The van der Waals surface area contributed by atoms with Gasteiger partial charge in [-0.1, -0.05) is 18.2 Å². The standard InChI is InChI=1S/C18H25NO3/c1-13(2)21-11-10-19-15-9-7-6-8-14(15)12-16(19)17(20)22-18(3,4)5/h6-9,12-13H,10-11H2,1-5H3. The minimum atomic E-state index is -0.507. The summed E-state index contributed by atoms with van der Waals surface area (Å²) in [5, 5.41) is 1.04. The molecule has 4 heteroatoms. The van der Waals surface area contributed by atoms with Crippen LogP contribution in [0.4, 0.5) is 0 Å². The number of hydrogen-bond acceptors (Lipinski definition) is 3. The maximum absolute atomic E-state index is 12.5. The van der Waals surface area contributed by atoms with Gasteiger partial charge in [0.1, 0.15) is 11.3 Å². The SMILES string of the molecule is CC(C)OCCn1c(C(=O)OC(C)(C)C)cc2ccccc21. The second kappa shape index (κ2) is 6.53. The van der Waals surface area contributed by atoms with Crippen molar-refractivity contribution in [3.8, 4) is 0 Å². The first-order chi connectivity index (χ1) is 10.3. The summed E-state index contributed by atoms with van der Waals surface area (Å²) in [4.78, 5) is 12.5. The first-order valence-electron chi connectivity index (χ1n) is 7.71. The minimum Gasteiger partial charge on any atom is -0.455 e. The van der Waals surface area contributed by atoms with E-state index in [4.69, 9.17) is 9.47 Å². The third-order valence-corrected chi connectivity index (χ3v) is 3.18. The van der Waals surface area contributed by atoms with Crippen LogP contribution in [-0.2, 0) is 16.0 Å². The lowest BCUT2D eigenvalue weighted by Gasteiger charge is -2.20. The Morgan fingerprint density at radius 1 is 1.23 bits per heavy atom. The van der Waals surface area contributed by atoms with E-state index in [1.165, 1.54) is 0 Å². The highest BCUT2D eigenvalue weighted by Crippen LogP contribution is 2.22. The molecule has 2 aromatic rings. The molecule has 0 atom stereocenters. The zero-order valence-electron chi connectivity index (χ0n) is 14.1. The molecule has 0 saturated carbocycles. The van der Waals surface area contributed by atoms with Gasteiger partial charge in [0.05, 0.1) is 12.7 Å². The molecule has 0 N–H and O–H groups in total. The van der Waals surface area contributed by atoms with Gasteiger partial charge >= 0.3 is 5.97 Å². The van der Waals surface area contributed by atoms with E-state index in [-0.39, 0.29) is 12.1 Å². The van der Waals surface area contributed by atoms with Crippen molar-refractivity contribution >= 4 is 16.9 Å². The predicted octanol–water partition coefficient (Wildman–Crippen LogP) is 4.02. The molecule has 1 aromatic carbocycles. The highest BCUT2D eigenvalue weighted by atomic mass is 16.6. The van der Waals surface area contributed by atoms with E-state index < -0.39 is 5.60 Å². The normalized spacial score (nSPS) is 12.1. The zero-order chi connectivity index (χ0) is 16.3. The molecule has 0 unspecified atom stereocenters. The fourth-order valence-electron chi connectivity index (χ4n) is 2.33. The van der Waals surface area contributed by atoms with Crippen LogP contribution in [0.5, 0.6) is 0 Å². The number of rotatable bonds is 5. The van der Waals surface area contributed by atoms with Gasteiger partial charge in [-0.3, -0.25) is 0 Å². The van der Waals surface area contributed by atoms with E-state index in [1.54, 1.807) is 0 Å². The van der Waals surface area contributed by atoms with Crippen molar-refractivity contribution in [1.82, 2.24) is 4.57 Å². The summed E-state index contributed by atoms with van der Waals surface area (Å²) in [7, 11) is 0. The molecule has 0 saturated heterocycles. The van der Waals surface area contributed by atoms with E-state index in [2.05, 4.69) is 0 Å². The third-order valence-electron chi connectivity index (χ3n) is 3.18. The Morgan fingerprint density at radius 2 is 1.91 bits per heavy atom. The van der Waals surface area contributed by atoms with Crippen molar-refractivity contribution in [2.45, 2.75) is 52.9 Å². The topological polar surface area (TPSA) is 40.5 Å². The van der Waals surface area contributed by atoms with Crippen molar-refractivity contribution in [3.63, 3.8) is 0 Å². The third kappa shape index (κ3) is 4.10. The second-order valence-electron chi connectivity index (χ2n) is 6.66. The molecule has 0 amide bonds. The highest BCUT2D eigenvalue weighted by molar-refractivity contribution is 5.95. The number of benzene rings is 1. The number of ether oxygens (including phenoxy) is 2. The molecule has 0 aliphatic heterocycles. The summed E-state index contributed by atoms with van der Waals surface area (Å²) in [6, 6.07) is 9.84. The summed E-state index contributed by atoms with van der Waals surface area (Å²) in [6.45, 7) is 10.8. The van der Waals surface area contributed by atoms with Crippen LogP contribution in [0.15, 0.2) is 30.3 Å². The number of fused-ring (bicyclic) bond motifs is 1. The average Bonchev–Trinajstić information content (AvgIpc) is 2.76. The summed E-state index contributed by atoms with van der Waals surface area (Å²) >= 11 is 0. The van der Waals surface area contributed by atoms with Gasteiger partial charge in [-0.05, 0) is 46.8 Å². The van der Waals surface area contributed by atoms with Crippen molar-refractivity contribution < 1.29 is 14.3 Å². The van der Waals surface area contributed by atoms with E-state index in [0.29, 0.717) is 18.8 Å². The van der Waals surface area contributed by atoms with Gasteiger partial charge in [0.25, 0.3) is 0 Å². The Bertz CT molecular complexity index is 650. The lowest BCUT2D eigenvalue weighted by atomic mass is 10.2. The molecule has 0 spiro atoms.